The molecule has 3 N–H and O–H groups in total. The second-order valence-corrected chi connectivity index (χ2v) is 6.58. The molecule has 1 atom stereocenters. The predicted octanol–water partition coefficient (Wildman–Crippen LogP) is 4.44. The molecule has 0 aromatic heterocycles. The van der Waals surface area contributed by atoms with Crippen molar-refractivity contribution in [3.63, 3.8) is 0 Å². The number of aliphatic hydroxyl groups is 2. The van der Waals surface area contributed by atoms with Gasteiger partial charge in [0, 0.05) is 13.0 Å². The van der Waals surface area contributed by atoms with E-state index in [1.54, 1.807) is 0 Å². The van der Waals surface area contributed by atoms with Gasteiger partial charge in [-0.1, -0.05) is 56.2 Å². The molecule has 0 unspecified atom stereocenters. The van der Waals surface area contributed by atoms with Crippen LogP contribution in [0.5, 0.6) is 0 Å². The molecule has 0 heterocycles. The first-order chi connectivity index (χ1) is 12.7. The summed E-state index contributed by atoms with van der Waals surface area (Å²) in [6, 6.07) is 0. The van der Waals surface area contributed by atoms with Crippen molar-refractivity contribution >= 4 is 5.91 Å². The maximum absolute atomic E-state index is 11.3. The fraction of sp³-hybridized carbons (Fsp3) is 0.682. The molecule has 0 saturated carbocycles. The van der Waals surface area contributed by atoms with Crippen LogP contribution in [-0.2, 0) is 4.79 Å². The Hall–Kier alpha value is -1.39. The van der Waals surface area contributed by atoms with Gasteiger partial charge < -0.3 is 15.5 Å². The van der Waals surface area contributed by atoms with Crippen molar-refractivity contribution in [3.05, 3.63) is 36.5 Å². The summed E-state index contributed by atoms with van der Waals surface area (Å²) in [6.07, 6.45) is 23.0. The van der Waals surface area contributed by atoms with Gasteiger partial charge in [0.2, 0.25) is 5.91 Å². The number of hydrogen-bond acceptors (Lipinski definition) is 3. The molecule has 4 nitrogen and oxygen atoms in total. The van der Waals surface area contributed by atoms with Crippen LogP contribution in [0.1, 0.15) is 77.6 Å². The van der Waals surface area contributed by atoms with E-state index in [4.69, 9.17) is 5.11 Å². The van der Waals surface area contributed by atoms with E-state index in [-0.39, 0.29) is 18.6 Å². The van der Waals surface area contributed by atoms with Crippen molar-refractivity contribution in [2.45, 2.75) is 83.7 Å². The number of nitrogens with one attached hydrogen (secondary N) is 1. The van der Waals surface area contributed by atoms with Crippen molar-refractivity contribution < 1.29 is 15.0 Å². The minimum Gasteiger partial charge on any atom is -0.395 e. The summed E-state index contributed by atoms with van der Waals surface area (Å²) in [5, 5.41) is 21.1. The first kappa shape index (κ1) is 24.6. The Bertz CT molecular complexity index is 402. The average Bonchev–Trinajstić information content (AvgIpc) is 2.64. The molecule has 150 valence electrons. The molecule has 0 bridgehead atoms. The van der Waals surface area contributed by atoms with Gasteiger partial charge in [-0.3, -0.25) is 4.79 Å². The Morgan fingerprint density at radius 1 is 0.962 bits per heavy atom. The van der Waals surface area contributed by atoms with Gasteiger partial charge in [0.25, 0.3) is 0 Å². The number of unbranched alkanes of at least 4 members (excludes halogenated alkanes) is 4. The smallest absolute Gasteiger partial charge is 0.220 e. The Morgan fingerprint density at radius 3 is 2.38 bits per heavy atom. The van der Waals surface area contributed by atoms with Gasteiger partial charge in [-0.25, -0.2) is 0 Å². The molecule has 4 heteroatoms. The number of aliphatic hydroxyl groups excluding tert-OH is 2. The van der Waals surface area contributed by atoms with Gasteiger partial charge in [-0.15, -0.1) is 0 Å². The van der Waals surface area contributed by atoms with E-state index in [1.807, 2.05) is 0 Å². The zero-order valence-corrected chi connectivity index (χ0v) is 16.5. The predicted molar refractivity (Wildman–Crippen MR) is 110 cm³/mol. The highest BCUT2D eigenvalue weighted by atomic mass is 16.3. The Balaban J connectivity index is 3.50. The molecule has 0 radical (unpaired) electrons. The van der Waals surface area contributed by atoms with Crippen LogP contribution in [-0.4, -0.2) is 35.4 Å². The molecular weight excluding hydrogens is 326 g/mol. The first-order valence-electron chi connectivity index (χ1n) is 10.2. The fourth-order valence-electron chi connectivity index (χ4n) is 2.46. The Morgan fingerprint density at radius 2 is 1.65 bits per heavy atom. The third-order valence-electron chi connectivity index (χ3n) is 4.03. The lowest BCUT2D eigenvalue weighted by Crippen LogP contribution is -2.25. The average molecular weight is 366 g/mol. The monoisotopic (exact) mass is 365 g/mol. The molecule has 0 aromatic carbocycles. The zero-order chi connectivity index (χ0) is 19.3. The molecule has 0 aliphatic carbocycles. The number of carbonyl (C=O) groups is 1. The molecule has 1 amide bonds. The summed E-state index contributed by atoms with van der Waals surface area (Å²) in [4.78, 5) is 11.3. The summed E-state index contributed by atoms with van der Waals surface area (Å²) in [5.74, 6) is 0.00158. The molecule has 0 aliphatic heterocycles. The van der Waals surface area contributed by atoms with Gasteiger partial charge >= 0.3 is 0 Å². The highest BCUT2D eigenvalue weighted by Crippen LogP contribution is 2.06. The molecule has 0 aromatic rings. The first-order valence-corrected chi connectivity index (χ1v) is 10.2. The summed E-state index contributed by atoms with van der Waals surface area (Å²) < 4.78 is 0. The number of hydrogen-bond donors (Lipinski definition) is 3. The number of allylic oxidation sites excluding steroid dienone is 5. The molecule has 0 spiro atoms. The number of amides is 1. The van der Waals surface area contributed by atoms with Crippen LogP contribution in [0.15, 0.2) is 36.5 Å². The van der Waals surface area contributed by atoms with Crippen LogP contribution in [0.2, 0.25) is 0 Å². The highest BCUT2D eigenvalue weighted by Gasteiger charge is 1.99. The molecule has 0 saturated heterocycles. The van der Waals surface area contributed by atoms with Crippen molar-refractivity contribution in [1.82, 2.24) is 5.32 Å². The standard InChI is InChI=1S/C22H39NO3/c1-2-3-4-5-10-13-16-21(25)17-14-11-8-6-7-9-12-15-18-22(26)23-19-20-24/h7-11,13,21,24-25H,2-6,12,14-20H2,1H3,(H,23,26)/b9-7-,11-8-,13-10-/t21-/m0/s1. The molecule has 0 aliphatic rings. The van der Waals surface area contributed by atoms with Crippen LogP contribution >= 0.6 is 0 Å². The molecular formula is C22H39NO3. The minimum atomic E-state index is -0.241. The van der Waals surface area contributed by atoms with Crippen LogP contribution in [0.25, 0.3) is 0 Å². The van der Waals surface area contributed by atoms with Crippen LogP contribution < -0.4 is 5.32 Å². The fourth-order valence-corrected chi connectivity index (χ4v) is 2.46. The Kier molecular flexibility index (Phi) is 18.9. The van der Waals surface area contributed by atoms with E-state index in [2.05, 4.69) is 48.7 Å². The van der Waals surface area contributed by atoms with Crippen molar-refractivity contribution in [2.24, 2.45) is 0 Å². The van der Waals surface area contributed by atoms with Gasteiger partial charge in [0.1, 0.15) is 0 Å². The van der Waals surface area contributed by atoms with Gasteiger partial charge in [0.05, 0.1) is 12.7 Å². The van der Waals surface area contributed by atoms with E-state index < -0.39 is 0 Å². The van der Waals surface area contributed by atoms with E-state index >= 15 is 0 Å². The van der Waals surface area contributed by atoms with Crippen molar-refractivity contribution in [2.75, 3.05) is 13.2 Å². The second-order valence-electron chi connectivity index (χ2n) is 6.58. The SMILES string of the molecule is CCCCC/C=C\C[C@H](O)CC/C=C\C/C=C\CCCC(=O)NCCO. The van der Waals surface area contributed by atoms with E-state index in [0.717, 1.165) is 44.9 Å². The topological polar surface area (TPSA) is 69.6 Å². The summed E-state index contributed by atoms with van der Waals surface area (Å²) in [5.41, 5.74) is 0. The number of carbonyl (C=O) groups excluding carboxylic acids is 1. The van der Waals surface area contributed by atoms with Crippen LogP contribution in [0, 0.1) is 0 Å². The summed E-state index contributed by atoms with van der Waals surface area (Å²) >= 11 is 0. The van der Waals surface area contributed by atoms with E-state index in [9.17, 15) is 9.90 Å². The van der Waals surface area contributed by atoms with Crippen LogP contribution in [0.3, 0.4) is 0 Å². The van der Waals surface area contributed by atoms with Gasteiger partial charge in [-0.2, -0.15) is 0 Å². The zero-order valence-electron chi connectivity index (χ0n) is 16.5. The van der Waals surface area contributed by atoms with E-state index in [1.165, 1.54) is 19.3 Å². The second kappa shape index (κ2) is 19.9. The van der Waals surface area contributed by atoms with Gasteiger partial charge in [-0.05, 0) is 51.4 Å². The van der Waals surface area contributed by atoms with E-state index in [0.29, 0.717) is 13.0 Å². The van der Waals surface area contributed by atoms with Crippen molar-refractivity contribution in [1.29, 1.82) is 0 Å². The molecule has 26 heavy (non-hydrogen) atoms. The quantitative estimate of drug-likeness (QED) is 0.264. The maximum atomic E-state index is 11.3. The highest BCUT2D eigenvalue weighted by molar-refractivity contribution is 5.75. The lowest BCUT2D eigenvalue weighted by atomic mass is 10.1. The molecule has 0 rings (SSSR count). The van der Waals surface area contributed by atoms with Crippen LogP contribution in [0.4, 0.5) is 0 Å². The normalized spacial score (nSPS) is 13.2. The van der Waals surface area contributed by atoms with Gasteiger partial charge in [0.15, 0.2) is 0 Å². The van der Waals surface area contributed by atoms with Crippen molar-refractivity contribution in [3.8, 4) is 0 Å². The third kappa shape index (κ3) is 18.9. The summed E-state index contributed by atoms with van der Waals surface area (Å²) in [7, 11) is 0. The maximum Gasteiger partial charge on any atom is 0.220 e. The summed E-state index contributed by atoms with van der Waals surface area (Å²) in [6.45, 7) is 2.54. The Labute approximate surface area is 160 Å². The number of rotatable bonds is 17. The lowest BCUT2D eigenvalue weighted by Gasteiger charge is -2.05. The minimum absolute atomic E-state index is 0.00158. The lowest BCUT2D eigenvalue weighted by molar-refractivity contribution is -0.121. The molecule has 0 fully saturated rings. The largest absolute Gasteiger partial charge is 0.395 e. The third-order valence-corrected chi connectivity index (χ3v) is 4.03.